The zero-order valence-electron chi connectivity index (χ0n) is 29.0. The van der Waals surface area contributed by atoms with Crippen molar-refractivity contribution in [3.05, 3.63) is 170 Å². The fourth-order valence-electron chi connectivity index (χ4n) is 9.92. The molecule has 0 fully saturated rings. The first-order valence-electron chi connectivity index (χ1n) is 18.7. The fraction of sp³-hybridized carbons (Fsp3) is 0. The number of nitrogens with zero attached hydrogens (tertiary/aromatic N) is 2. The number of hydrogen-bond acceptors (Lipinski definition) is 4. The van der Waals surface area contributed by atoms with Crippen LogP contribution in [0.2, 0.25) is 0 Å². The number of fused-ring (bicyclic) bond motifs is 13. The third-order valence-corrected chi connectivity index (χ3v) is 13.2. The Balaban J connectivity index is 1.08. The van der Waals surface area contributed by atoms with Crippen molar-refractivity contribution in [3.63, 3.8) is 0 Å². The minimum Gasteiger partial charge on any atom is -0.458 e. The Kier molecular flexibility index (Phi) is 5.67. The minimum absolute atomic E-state index is 0.0314. The van der Waals surface area contributed by atoms with Crippen LogP contribution >= 0.6 is 11.3 Å². The van der Waals surface area contributed by atoms with Crippen LogP contribution in [0.4, 0.5) is 34.1 Å². The molecular weight excluding hydrogens is 674 g/mol. The van der Waals surface area contributed by atoms with Crippen molar-refractivity contribution >= 4 is 112 Å². The molecule has 248 valence electrons. The molecule has 0 saturated carbocycles. The lowest BCUT2D eigenvalue weighted by Crippen LogP contribution is -2.67. The van der Waals surface area contributed by atoms with Gasteiger partial charge in [-0.15, -0.1) is 11.3 Å². The van der Waals surface area contributed by atoms with E-state index in [9.17, 15) is 0 Å². The Morgan fingerprint density at radius 3 is 1.76 bits per heavy atom. The minimum atomic E-state index is 0.0314. The highest BCUT2D eigenvalue weighted by Crippen LogP contribution is 2.48. The van der Waals surface area contributed by atoms with Gasteiger partial charge in [-0.25, -0.2) is 0 Å². The molecule has 9 aromatic rings. The van der Waals surface area contributed by atoms with Crippen LogP contribution in [0.25, 0.3) is 31.3 Å². The fourth-order valence-corrected chi connectivity index (χ4v) is 11.1. The van der Waals surface area contributed by atoms with E-state index in [1.165, 1.54) is 86.9 Å². The van der Waals surface area contributed by atoms with Crippen LogP contribution in [-0.2, 0) is 0 Å². The van der Waals surface area contributed by atoms with Gasteiger partial charge in [0.1, 0.15) is 11.5 Å². The molecular formula is C48H28B2N2OS. The lowest BCUT2D eigenvalue weighted by molar-refractivity contribution is 0.488. The summed E-state index contributed by atoms with van der Waals surface area (Å²) in [5.74, 6) is 1.85. The Hall–Kier alpha value is -6.49. The molecule has 1 aromatic heterocycles. The van der Waals surface area contributed by atoms with Crippen LogP contribution in [0.1, 0.15) is 0 Å². The average Bonchev–Trinajstić information content (AvgIpc) is 3.61. The van der Waals surface area contributed by atoms with Gasteiger partial charge in [-0.2, -0.15) is 0 Å². The second kappa shape index (κ2) is 10.6. The smallest absolute Gasteiger partial charge is 0.256 e. The van der Waals surface area contributed by atoms with E-state index in [-0.39, 0.29) is 13.4 Å². The van der Waals surface area contributed by atoms with Crippen molar-refractivity contribution in [2.24, 2.45) is 0 Å². The molecule has 0 N–H and O–H groups in total. The first-order valence-corrected chi connectivity index (χ1v) is 19.5. The van der Waals surface area contributed by atoms with Crippen molar-refractivity contribution < 1.29 is 4.74 Å². The van der Waals surface area contributed by atoms with E-state index in [1.807, 2.05) is 11.3 Å². The van der Waals surface area contributed by atoms with Gasteiger partial charge in [0.15, 0.2) is 0 Å². The molecule has 0 radical (unpaired) electrons. The number of thiophene rings is 1. The summed E-state index contributed by atoms with van der Waals surface area (Å²) in [5, 5.41) is 2.64. The third-order valence-electron chi connectivity index (χ3n) is 12.1. The Morgan fingerprint density at radius 2 is 1.00 bits per heavy atom. The van der Waals surface area contributed by atoms with Crippen LogP contribution in [-0.4, -0.2) is 13.4 Å². The van der Waals surface area contributed by atoms with E-state index >= 15 is 0 Å². The summed E-state index contributed by atoms with van der Waals surface area (Å²) in [7, 11) is 0. The molecule has 4 aliphatic rings. The predicted octanol–water partition coefficient (Wildman–Crippen LogP) is 8.74. The molecule has 0 amide bonds. The second-order valence-corrected chi connectivity index (χ2v) is 15.9. The second-order valence-electron chi connectivity index (χ2n) is 14.8. The van der Waals surface area contributed by atoms with Crippen LogP contribution in [0.5, 0.6) is 11.5 Å². The van der Waals surface area contributed by atoms with Crippen LogP contribution < -0.4 is 47.3 Å². The van der Waals surface area contributed by atoms with Crippen LogP contribution in [0.15, 0.2) is 170 Å². The third kappa shape index (κ3) is 3.73. The number of anilines is 6. The van der Waals surface area contributed by atoms with E-state index < -0.39 is 0 Å². The zero-order valence-corrected chi connectivity index (χ0v) is 29.8. The Labute approximate surface area is 317 Å². The van der Waals surface area contributed by atoms with Gasteiger partial charge in [0.05, 0.1) is 0 Å². The summed E-state index contributed by atoms with van der Waals surface area (Å²) < 4.78 is 9.85. The molecule has 4 aliphatic heterocycles. The first-order chi connectivity index (χ1) is 26.8. The first kappa shape index (κ1) is 29.0. The molecule has 8 aromatic carbocycles. The summed E-state index contributed by atoms with van der Waals surface area (Å²) >= 11 is 1.86. The monoisotopic (exact) mass is 702 g/mol. The highest BCUT2D eigenvalue weighted by molar-refractivity contribution is 7.25. The number of rotatable bonds is 2. The average molecular weight is 702 g/mol. The molecule has 0 aliphatic carbocycles. The summed E-state index contributed by atoms with van der Waals surface area (Å²) in [6.07, 6.45) is 0. The van der Waals surface area contributed by atoms with E-state index in [1.54, 1.807) is 0 Å². The van der Waals surface area contributed by atoms with Crippen molar-refractivity contribution in [2.45, 2.75) is 0 Å². The van der Waals surface area contributed by atoms with Gasteiger partial charge < -0.3 is 14.5 Å². The number of hydrogen-bond donors (Lipinski definition) is 0. The topological polar surface area (TPSA) is 15.7 Å². The molecule has 3 nitrogen and oxygen atoms in total. The summed E-state index contributed by atoms with van der Waals surface area (Å²) in [6, 6.07) is 62.6. The van der Waals surface area contributed by atoms with E-state index in [0.717, 1.165) is 22.7 Å². The van der Waals surface area contributed by atoms with Crippen molar-refractivity contribution in [1.82, 2.24) is 0 Å². The highest BCUT2D eigenvalue weighted by Gasteiger charge is 2.50. The van der Waals surface area contributed by atoms with Gasteiger partial charge in [-0.1, -0.05) is 115 Å². The van der Waals surface area contributed by atoms with Crippen molar-refractivity contribution in [3.8, 4) is 22.6 Å². The highest BCUT2D eigenvalue weighted by atomic mass is 32.1. The van der Waals surface area contributed by atoms with Gasteiger partial charge >= 0.3 is 0 Å². The molecule has 0 bridgehead atoms. The van der Waals surface area contributed by atoms with Crippen LogP contribution in [0, 0.1) is 0 Å². The van der Waals surface area contributed by atoms with Gasteiger partial charge in [-0.3, -0.25) is 0 Å². The molecule has 0 atom stereocenters. The molecule has 0 saturated heterocycles. The van der Waals surface area contributed by atoms with E-state index in [0.29, 0.717) is 0 Å². The maximum absolute atomic E-state index is 7.22. The molecule has 6 heteroatoms. The van der Waals surface area contributed by atoms with Crippen molar-refractivity contribution in [2.75, 3.05) is 9.80 Å². The van der Waals surface area contributed by atoms with Gasteiger partial charge in [-0.05, 0) is 92.4 Å². The van der Waals surface area contributed by atoms with Gasteiger partial charge in [0, 0.05) is 60.4 Å². The lowest BCUT2D eigenvalue weighted by Gasteiger charge is -2.49. The normalized spacial score (nSPS) is 13.9. The summed E-state index contributed by atoms with van der Waals surface area (Å²) in [4.78, 5) is 4.99. The number of benzene rings is 8. The molecule has 0 unspecified atom stereocenters. The summed E-state index contributed by atoms with van der Waals surface area (Å²) in [5.41, 5.74) is 17.4. The predicted molar refractivity (Wildman–Crippen MR) is 230 cm³/mol. The quantitative estimate of drug-likeness (QED) is 0.168. The Morgan fingerprint density at radius 1 is 0.407 bits per heavy atom. The number of ether oxygens (including phenoxy) is 1. The van der Waals surface area contributed by atoms with E-state index in [4.69, 9.17) is 4.74 Å². The largest absolute Gasteiger partial charge is 0.458 e. The van der Waals surface area contributed by atoms with Crippen molar-refractivity contribution in [1.29, 1.82) is 0 Å². The SMILES string of the molecule is c1ccc(N2c3ccccc3B3c4ccccc4N4c5ccccc5B5c6ccc(-c7ccc8c(c7)sc7ccccc78)cc6Oc6cc2c3c4c65)cc1. The molecule has 5 heterocycles. The lowest BCUT2D eigenvalue weighted by atomic mass is 9.29. The van der Waals surface area contributed by atoms with E-state index in [2.05, 4.69) is 180 Å². The maximum atomic E-state index is 7.22. The van der Waals surface area contributed by atoms with Gasteiger partial charge in [0.25, 0.3) is 13.4 Å². The standard InChI is InChI=1S/C48H28B2N2OS/c1-2-12-31(13-3-1)51-38-18-8-5-15-34(38)49-35-16-6-9-19-39(35)52-40-20-10-7-17-36(40)50-37-25-23-29(26-42(37)53-43-28-41(51)46(49)48(52)47(43)50)30-22-24-33-32-14-4-11-21-44(32)54-45(33)27-30/h1-28H. The molecule has 0 spiro atoms. The molecule has 54 heavy (non-hydrogen) atoms. The maximum Gasteiger partial charge on any atom is 0.256 e. The molecule has 13 rings (SSSR count). The van der Waals surface area contributed by atoms with Crippen LogP contribution in [0.3, 0.4) is 0 Å². The van der Waals surface area contributed by atoms with Gasteiger partial charge in [0.2, 0.25) is 0 Å². The zero-order chi connectivity index (χ0) is 35.1. The summed E-state index contributed by atoms with van der Waals surface area (Å²) in [6.45, 7) is 0.117. The number of para-hydroxylation sites is 4. The Bertz CT molecular complexity index is 3070.